The van der Waals surface area contributed by atoms with Crippen LogP contribution in [0.5, 0.6) is 0 Å². The molecule has 3 rings (SSSR count). The lowest BCUT2D eigenvalue weighted by Gasteiger charge is -2.27. The first-order chi connectivity index (χ1) is 9.75. The maximum Gasteiger partial charge on any atom is 0.223 e. The monoisotopic (exact) mass is 309 g/mol. The highest BCUT2D eigenvalue weighted by molar-refractivity contribution is 5.85. The number of nitrogens with two attached hydrogens (primary N) is 1. The van der Waals surface area contributed by atoms with Crippen LogP contribution in [0.15, 0.2) is 24.5 Å². The second-order valence-corrected chi connectivity index (χ2v) is 6.09. The van der Waals surface area contributed by atoms with Crippen molar-refractivity contribution in [2.45, 2.75) is 50.6 Å². The van der Waals surface area contributed by atoms with Crippen LogP contribution in [0.1, 0.15) is 50.1 Å². The average molecular weight is 310 g/mol. The standard InChI is InChI=1S/C16H23N3O.ClH/c17-14-6-1-4-12(14)10-16(20)19-9-3-7-15(19)13-5-2-8-18-11-13;/h2,5,8,11-12,14-15H,1,3-4,6-7,9-10,17H2;1H/t12-,14+,15?;/m0./s1. The van der Waals surface area contributed by atoms with Gasteiger partial charge in [-0.2, -0.15) is 0 Å². The van der Waals surface area contributed by atoms with E-state index in [0.717, 1.165) is 37.8 Å². The molecule has 1 aliphatic carbocycles. The molecule has 0 aromatic carbocycles. The number of carbonyl (C=O) groups is 1. The van der Waals surface area contributed by atoms with Crippen molar-refractivity contribution < 1.29 is 4.79 Å². The Bertz CT molecular complexity index is 468. The van der Waals surface area contributed by atoms with Crippen molar-refractivity contribution in [3.05, 3.63) is 30.1 Å². The third-order valence-corrected chi connectivity index (χ3v) is 4.80. The van der Waals surface area contributed by atoms with Crippen LogP contribution in [0.3, 0.4) is 0 Å². The average Bonchev–Trinajstić information content (AvgIpc) is 3.09. The van der Waals surface area contributed by atoms with Gasteiger partial charge in [-0.3, -0.25) is 9.78 Å². The molecule has 1 amide bonds. The summed E-state index contributed by atoms with van der Waals surface area (Å²) in [7, 11) is 0. The Morgan fingerprint density at radius 2 is 2.19 bits per heavy atom. The summed E-state index contributed by atoms with van der Waals surface area (Å²) in [6.07, 6.45) is 9.78. The molecule has 2 heterocycles. The molecule has 0 bridgehead atoms. The van der Waals surface area contributed by atoms with Crippen molar-refractivity contribution >= 4 is 18.3 Å². The number of halogens is 1. The van der Waals surface area contributed by atoms with Crippen LogP contribution < -0.4 is 5.73 Å². The quantitative estimate of drug-likeness (QED) is 0.934. The van der Waals surface area contributed by atoms with Gasteiger partial charge in [-0.05, 0) is 43.2 Å². The van der Waals surface area contributed by atoms with Gasteiger partial charge >= 0.3 is 0 Å². The number of hydrogen-bond acceptors (Lipinski definition) is 3. The molecule has 21 heavy (non-hydrogen) atoms. The normalized spacial score (nSPS) is 28.4. The van der Waals surface area contributed by atoms with Crippen LogP contribution in [-0.2, 0) is 4.79 Å². The molecule has 116 valence electrons. The summed E-state index contributed by atoms with van der Waals surface area (Å²) in [5.74, 6) is 0.663. The predicted molar refractivity (Wildman–Crippen MR) is 85.1 cm³/mol. The fourth-order valence-corrected chi connectivity index (χ4v) is 3.65. The number of amides is 1. The maximum atomic E-state index is 12.6. The number of hydrogen-bond donors (Lipinski definition) is 1. The first-order valence-electron chi connectivity index (χ1n) is 7.70. The Morgan fingerprint density at radius 1 is 1.33 bits per heavy atom. The zero-order chi connectivity index (χ0) is 13.9. The van der Waals surface area contributed by atoms with Gasteiger partial charge in [0.2, 0.25) is 5.91 Å². The topological polar surface area (TPSA) is 59.2 Å². The molecule has 1 aliphatic heterocycles. The molecule has 0 spiro atoms. The van der Waals surface area contributed by atoms with Crippen LogP contribution >= 0.6 is 12.4 Å². The number of likely N-dealkylation sites (tertiary alicyclic amines) is 1. The largest absolute Gasteiger partial charge is 0.336 e. The highest BCUT2D eigenvalue weighted by Gasteiger charge is 2.33. The number of rotatable bonds is 3. The van der Waals surface area contributed by atoms with E-state index in [4.69, 9.17) is 5.73 Å². The lowest BCUT2D eigenvalue weighted by Crippen LogP contribution is -2.35. The number of aromatic nitrogens is 1. The van der Waals surface area contributed by atoms with Gasteiger partial charge < -0.3 is 10.6 Å². The Labute approximate surface area is 132 Å². The second-order valence-electron chi connectivity index (χ2n) is 6.09. The van der Waals surface area contributed by atoms with E-state index in [-0.39, 0.29) is 30.4 Å². The van der Waals surface area contributed by atoms with Crippen molar-refractivity contribution in [3.8, 4) is 0 Å². The summed E-state index contributed by atoms with van der Waals surface area (Å²) >= 11 is 0. The molecule has 2 N–H and O–H groups in total. The zero-order valence-corrected chi connectivity index (χ0v) is 13.1. The van der Waals surface area contributed by atoms with Gasteiger partial charge in [0.1, 0.15) is 0 Å². The minimum absolute atomic E-state index is 0. The number of carbonyl (C=O) groups excluding carboxylic acids is 1. The zero-order valence-electron chi connectivity index (χ0n) is 12.3. The fourth-order valence-electron chi connectivity index (χ4n) is 3.65. The van der Waals surface area contributed by atoms with Crippen molar-refractivity contribution in [1.29, 1.82) is 0 Å². The van der Waals surface area contributed by atoms with Crippen LogP contribution in [0, 0.1) is 5.92 Å². The second kappa shape index (κ2) is 7.23. The summed E-state index contributed by atoms with van der Waals surface area (Å²) in [6, 6.07) is 4.46. The molecule has 1 aromatic rings. The molecule has 2 fully saturated rings. The van der Waals surface area contributed by atoms with Crippen molar-refractivity contribution in [3.63, 3.8) is 0 Å². The molecule has 3 atom stereocenters. The first kappa shape index (κ1) is 16.2. The number of nitrogens with zero attached hydrogens (tertiary/aromatic N) is 2. The van der Waals surface area contributed by atoms with Crippen LogP contribution in [-0.4, -0.2) is 28.4 Å². The van der Waals surface area contributed by atoms with Crippen LogP contribution in [0.4, 0.5) is 0 Å². The summed E-state index contributed by atoms with van der Waals surface area (Å²) in [6.45, 7) is 0.875. The van der Waals surface area contributed by atoms with Gasteiger partial charge in [-0.15, -0.1) is 12.4 Å². The fraction of sp³-hybridized carbons (Fsp3) is 0.625. The first-order valence-corrected chi connectivity index (χ1v) is 7.70. The lowest BCUT2D eigenvalue weighted by molar-refractivity contribution is -0.133. The third-order valence-electron chi connectivity index (χ3n) is 4.80. The molecule has 5 heteroatoms. The SMILES string of the molecule is Cl.N[C@@H]1CCC[C@H]1CC(=O)N1CCCC1c1cccnc1. The smallest absolute Gasteiger partial charge is 0.223 e. The molecule has 1 unspecified atom stereocenters. The Hall–Kier alpha value is -1.13. The van der Waals surface area contributed by atoms with Gasteiger partial charge in [-0.25, -0.2) is 0 Å². The minimum Gasteiger partial charge on any atom is -0.336 e. The molecule has 1 aromatic heterocycles. The van der Waals surface area contributed by atoms with Crippen LogP contribution in [0.2, 0.25) is 0 Å². The highest BCUT2D eigenvalue weighted by Crippen LogP contribution is 2.34. The van der Waals surface area contributed by atoms with Crippen LogP contribution in [0.25, 0.3) is 0 Å². The minimum atomic E-state index is 0. The number of pyridine rings is 1. The van der Waals surface area contributed by atoms with Crippen molar-refractivity contribution in [2.75, 3.05) is 6.54 Å². The molecular weight excluding hydrogens is 286 g/mol. The van der Waals surface area contributed by atoms with Crippen molar-refractivity contribution in [2.24, 2.45) is 11.7 Å². The van der Waals surface area contributed by atoms with Gasteiger partial charge in [0, 0.05) is 31.4 Å². The van der Waals surface area contributed by atoms with E-state index in [1.165, 1.54) is 6.42 Å². The highest BCUT2D eigenvalue weighted by atomic mass is 35.5. The summed E-state index contributed by atoms with van der Waals surface area (Å²) in [5.41, 5.74) is 7.25. The van der Waals surface area contributed by atoms with E-state index in [0.29, 0.717) is 12.3 Å². The molecule has 1 saturated carbocycles. The van der Waals surface area contributed by atoms with E-state index < -0.39 is 0 Å². The Kier molecular flexibility index (Phi) is 5.59. The van der Waals surface area contributed by atoms with Gasteiger partial charge in [-0.1, -0.05) is 12.5 Å². The van der Waals surface area contributed by atoms with E-state index >= 15 is 0 Å². The van der Waals surface area contributed by atoms with E-state index in [1.807, 2.05) is 17.2 Å². The van der Waals surface area contributed by atoms with Gasteiger partial charge in [0.05, 0.1) is 6.04 Å². The Morgan fingerprint density at radius 3 is 2.86 bits per heavy atom. The maximum absolute atomic E-state index is 12.6. The summed E-state index contributed by atoms with van der Waals surface area (Å²) in [5, 5.41) is 0. The molecule has 0 radical (unpaired) electrons. The van der Waals surface area contributed by atoms with Gasteiger partial charge in [0.15, 0.2) is 0 Å². The third kappa shape index (κ3) is 3.55. The molecular formula is C16H24ClN3O. The van der Waals surface area contributed by atoms with Crippen molar-refractivity contribution in [1.82, 2.24) is 9.88 Å². The molecule has 2 aliphatic rings. The van der Waals surface area contributed by atoms with E-state index in [2.05, 4.69) is 11.1 Å². The van der Waals surface area contributed by atoms with E-state index in [1.54, 1.807) is 6.20 Å². The molecule has 1 saturated heterocycles. The lowest BCUT2D eigenvalue weighted by atomic mass is 9.98. The predicted octanol–water partition coefficient (Wildman–Crippen LogP) is 2.68. The molecule has 4 nitrogen and oxygen atoms in total. The van der Waals surface area contributed by atoms with Gasteiger partial charge in [0.25, 0.3) is 0 Å². The van der Waals surface area contributed by atoms with E-state index in [9.17, 15) is 4.79 Å². The Balaban J connectivity index is 0.00000161. The summed E-state index contributed by atoms with van der Waals surface area (Å²) in [4.78, 5) is 18.8. The summed E-state index contributed by atoms with van der Waals surface area (Å²) < 4.78 is 0.